The lowest BCUT2D eigenvalue weighted by molar-refractivity contribution is -0.179. The van der Waals surface area contributed by atoms with Crippen LogP contribution in [-0.4, -0.2) is 119 Å². The summed E-state index contributed by atoms with van der Waals surface area (Å²) in [6.45, 7) is 4.77. The van der Waals surface area contributed by atoms with Crippen molar-refractivity contribution in [3.8, 4) is 0 Å². The van der Waals surface area contributed by atoms with Gasteiger partial charge in [0.15, 0.2) is 34.0 Å². The number of halogens is 1. The number of aliphatic carboxylic acids is 1. The van der Waals surface area contributed by atoms with Crippen LogP contribution >= 0.6 is 23.5 Å². The Balaban J connectivity index is 0.637. The van der Waals surface area contributed by atoms with Gasteiger partial charge in [0.1, 0.15) is 11.6 Å². The number of hydrogen-bond acceptors (Lipinski definition) is 15. The number of nitrogens with zero attached hydrogens (tertiary/aromatic N) is 5. The van der Waals surface area contributed by atoms with E-state index in [0.717, 1.165) is 47.8 Å². The number of hydrogen-bond donors (Lipinski definition) is 6. The maximum absolute atomic E-state index is 17.4. The highest BCUT2D eigenvalue weighted by Crippen LogP contribution is 2.76. The third kappa shape index (κ3) is 10.0. The fourth-order valence-electron chi connectivity index (χ4n) is 12.0. The van der Waals surface area contributed by atoms with E-state index in [9.17, 15) is 29.4 Å². The number of epoxide rings is 1. The van der Waals surface area contributed by atoms with Crippen molar-refractivity contribution in [2.45, 2.75) is 133 Å². The van der Waals surface area contributed by atoms with Crippen LogP contribution in [0, 0.1) is 23.2 Å². The van der Waals surface area contributed by atoms with Crippen molar-refractivity contribution in [3.05, 3.63) is 65.5 Å². The molecule has 16 nitrogen and oxygen atoms in total. The molecule has 3 aromatic rings. The highest BCUT2D eigenvalue weighted by Gasteiger charge is 2.88. The number of fused-ring (bicyclic) bond motifs is 5. The third-order valence-electron chi connectivity index (χ3n) is 15.7. The van der Waals surface area contributed by atoms with Gasteiger partial charge in [-0.3, -0.25) is 14.4 Å². The number of unbranched alkanes of at least 4 members (excludes halogenated alkanes) is 7. The molecule has 1 aliphatic heterocycles. The molecule has 9 atom stereocenters. The number of ether oxygens (including phenoxy) is 1. The first-order valence-electron chi connectivity index (χ1n) is 24.9. The SMILES string of the molecule is C[C@@H]1C[C@H]2C3CCC4=CC(=O)C=C[C@]4(C)[C@@]3(F)[C@@H](O)C[C@@]23O[C@]13C(=O)NCCSCCCCCCCCCCSCC[C@H](NC(=O)c1ccc(N(C)Cc2cnc3nc(N)nc(N)c3n2)cc1)C(=O)O. The van der Waals surface area contributed by atoms with Crippen LogP contribution in [0.1, 0.15) is 113 Å². The van der Waals surface area contributed by atoms with E-state index >= 15 is 4.39 Å². The molecule has 0 radical (unpaired) electrons. The van der Waals surface area contributed by atoms with E-state index in [-0.39, 0.29) is 41.7 Å². The van der Waals surface area contributed by atoms with Crippen molar-refractivity contribution in [1.82, 2.24) is 30.6 Å². The Labute approximate surface area is 417 Å². The quantitative estimate of drug-likeness (QED) is 0.0408. The van der Waals surface area contributed by atoms with Crippen LogP contribution in [0.5, 0.6) is 0 Å². The lowest BCUT2D eigenvalue weighted by Gasteiger charge is -2.59. The molecule has 1 aromatic carbocycles. The summed E-state index contributed by atoms with van der Waals surface area (Å²) in [6.07, 6.45) is 16.4. The molecule has 1 spiro atoms. The van der Waals surface area contributed by atoms with Crippen LogP contribution in [0.3, 0.4) is 0 Å². The van der Waals surface area contributed by atoms with Crippen LogP contribution in [0.4, 0.5) is 21.8 Å². The second-order valence-corrected chi connectivity index (χ2v) is 22.5. The molecular weight excluding hydrogens is 934 g/mol. The fourth-order valence-corrected chi connectivity index (χ4v) is 13.9. The predicted octanol–water partition coefficient (Wildman–Crippen LogP) is 6.62. The van der Waals surface area contributed by atoms with Gasteiger partial charge in [0.2, 0.25) is 5.95 Å². The number of rotatable bonds is 24. The number of nitrogens with two attached hydrogens (primary N) is 2. The number of carbonyl (C=O) groups excluding carboxylic acids is 3. The number of nitrogen functional groups attached to an aromatic ring is 2. The molecule has 19 heteroatoms. The van der Waals surface area contributed by atoms with E-state index in [1.165, 1.54) is 38.2 Å². The second kappa shape index (κ2) is 21.5. The van der Waals surface area contributed by atoms with Crippen LogP contribution in [0.25, 0.3) is 11.2 Å². The smallest absolute Gasteiger partial charge is 0.326 e. The normalized spacial score (nSPS) is 28.8. The van der Waals surface area contributed by atoms with Gasteiger partial charge in [0.05, 0.1) is 24.5 Å². The number of ketones is 1. The molecule has 2 aromatic heterocycles. The molecule has 4 fully saturated rings. The van der Waals surface area contributed by atoms with E-state index < -0.39 is 52.2 Å². The second-order valence-electron chi connectivity index (χ2n) is 20.1. The molecule has 378 valence electrons. The Hall–Kier alpha value is -4.85. The molecule has 70 heavy (non-hydrogen) atoms. The zero-order chi connectivity index (χ0) is 49.8. The van der Waals surface area contributed by atoms with E-state index in [1.54, 1.807) is 54.4 Å². The molecule has 3 saturated carbocycles. The number of benzene rings is 1. The minimum Gasteiger partial charge on any atom is -0.480 e. The van der Waals surface area contributed by atoms with E-state index in [1.807, 2.05) is 37.6 Å². The number of amides is 2. The summed E-state index contributed by atoms with van der Waals surface area (Å²) in [5.41, 5.74) is 10.0. The zero-order valence-corrected chi connectivity index (χ0v) is 42.1. The predicted molar refractivity (Wildman–Crippen MR) is 272 cm³/mol. The summed E-state index contributed by atoms with van der Waals surface area (Å²) in [4.78, 5) is 69.7. The summed E-state index contributed by atoms with van der Waals surface area (Å²) in [5, 5.41) is 27.2. The molecule has 8 N–H and O–H groups in total. The zero-order valence-electron chi connectivity index (χ0n) is 40.5. The van der Waals surface area contributed by atoms with Gasteiger partial charge in [-0.2, -0.15) is 33.5 Å². The van der Waals surface area contributed by atoms with Gasteiger partial charge < -0.3 is 42.0 Å². The summed E-state index contributed by atoms with van der Waals surface area (Å²) in [6, 6.07) is 5.94. The number of allylic oxidation sites excluding steroid dienone is 4. The number of anilines is 3. The number of aromatic nitrogens is 4. The molecule has 1 unspecified atom stereocenters. The van der Waals surface area contributed by atoms with Gasteiger partial charge in [-0.05, 0) is 111 Å². The highest BCUT2D eigenvalue weighted by atomic mass is 32.2. The Kier molecular flexibility index (Phi) is 15.8. The lowest BCUT2D eigenvalue weighted by Crippen LogP contribution is -2.67. The molecule has 3 heterocycles. The number of carbonyl (C=O) groups is 4. The van der Waals surface area contributed by atoms with Crippen molar-refractivity contribution in [2.24, 2.45) is 23.2 Å². The topological polar surface area (TPSA) is 252 Å². The fraction of sp³-hybridized carbons (Fsp3) is 0.608. The van der Waals surface area contributed by atoms with Gasteiger partial charge in [-0.1, -0.05) is 57.1 Å². The number of alkyl halides is 1. The minimum absolute atomic E-state index is 0.0281. The first kappa shape index (κ1) is 51.5. The summed E-state index contributed by atoms with van der Waals surface area (Å²) in [5.74, 6) is 1.13. The lowest BCUT2D eigenvalue weighted by atomic mass is 9.48. The van der Waals surface area contributed by atoms with E-state index in [2.05, 4.69) is 30.6 Å². The van der Waals surface area contributed by atoms with Gasteiger partial charge in [-0.15, -0.1) is 0 Å². The van der Waals surface area contributed by atoms with Crippen molar-refractivity contribution < 1.29 is 38.5 Å². The van der Waals surface area contributed by atoms with E-state index in [0.29, 0.717) is 66.9 Å². The molecule has 5 aliphatic rings. The summed E-state index contributed by atoms with van der Waals surface area (Å²) >= 11 is 3.56. The van der Waals surface area contributed by atoms with Gasteiger partial charge in [0.25, 0.3) is 11.8 Å². The Morgan fingerprint density at radius 1 is 0.971 bits per heavy atom. The Morgan fingerprint density at radius 3 is 2.36 bits per heavy atom. The highest BCUT2D eigenvalue weighted by molar-refractivity contribution is 7.99. The van der Waals surface area contributed by atoms with Gasteiger partial charge in [-0.25, -0.2) is 19.2 Å². The molecule has 8 rings (SSSR count). The number of aliphatic hydroxyl groups excluding tert-OH is 1. The monoisotopic (exact) mass is 1000 g/mol. The molecule has 2 amide bonds. The standard InChI is InChI=1S/C51H68FN9O7S2/c1-31-26-38-37-17-14-33-27-36(62)18-20-48(33,2)50(37,52)40(63)28-49(38)51(31,68-49)46(67)55-21-25-70-23-11-9-7-5-4-6-8-10-22-69-24-19-39(45(65)66)58-44(64)32-12-15-35(16-13-32)61(3)30-34-29-56-43-41(57-34)42(53)59-47(54)60-43/h12-13,15-16,18,20,27,29,31,37-40,63H,4-11,14,17,19,21-26,28,30H2,1-3H3,(H,55,67)(H,58,64)(H,65,66)(H4,53,54,56,59,60)/t31-,37?,38+,39+,40+,48+,49-,50+,51+/m1/s1. The number of carboxylic acids is 1. The maximum atomic E-state index is 17.4. The van der Waals surface area contributed by atoms with Crippen LogP contribution in [0.15, 0.2) is 54.3 Å². The van der Waals surface area contributed by atoms with Gasteiger partial charge >= 0.3 is 5.97 Å². The Morgan fingerprint density at radius 2 is 1.66 bits per heavy atom. The molecule has 1 saturated heterocycles. The van der Waals surface area contributed by atoms with Crippen LogP contribution < -0.4 is 27.0 Å². The van der Waals surface area contributed by atoms with Crippen LogP contribution in [0.2, 0.25) is 0 Å². The number of carboxylic acid groups (broad SMARTS) is 1. The van der Waals surface area contributed by atoms with Gasteiger partial charge in [0, 0.05) is 48.3 Å². The maximum Gasteiger partial charge on any atom is 0.326 e. The first-order valence-corrected chi connectivity index (χ1v) is 27.2. The van der Waals surface area contributed by atoms with Crippen molar-refractivity contribution in [1.29, 1.82) is 0 Å². The third-order valence-corrected chi connectivity index (χ3v) is 17.9. The van der Waals surface area contributed by atoms with Crippen molar-refractivity contribution in [2.75, 3.05) is 53.0 Å². The number of nitrogens with one attached hydrogen (secondary N) is 2. The average Bonchev–Trinajstić information content (AvgIpc) is 3.94. The summed E-state index contributed by atoms with van der Waals surface area (Å²) in [7, 11) is 1.87. The number of aliphatic hydroxyl groups is 1. The van der Waals surface area contributed by atoms with Crippen molar-refractivity contribution in [3.63, 3.8) is 0 Å². The molecule has 4 aliphatic carbocycles. The average molecular weight is 1000 g/mol. The Bertz CT molecular complexity index is 2500. The largest absolute Gasteiger partial charge is 0.480 e. The van der Waals surface area contributed by atoms with E-state index in [4.69, 9.17) is 16.2 Å². The number of thioether (sulfide) groups is 2. The molecular formula is C51H68FN9O7S2. The minimum atomic E-state index is -1.93. The first-order chi connectivity index (χ1) is 33.5. The molecule has 0 bridgehead atoms. The summed E-state index contributed by atoms with van der Waals surface area (Å²) < 4.78 is 23.8. The van der Waals surface area contributed by atoms with Crippen LogP contribution in [-0.2, 0) is 25.7 Å². The van der Waals surface area contributed by atoms with Crippen molar-refractivity contribution >= 4 is 75.7 Å².